The minimum absolute atomic E-state index is 0.0808. The van der Waals surface area contributed by atoms with Gasteiger partial charge in [-0.05, 0) is 106 Å². The van der Waals surface area contributed by atoms with E-state index in [-0.39, 0.29) is 11.0 Å². The predicted octanol–water partition coefficient (Wildman–Crippen LogP) is 7.51. The van der Waals surface area contributed by atoms with Gasteiger partial charge in [-0.2, -0.15) is 0 Å². The van der Waals surface area contributed by atoms with Gasteiger partial charge in [0, 0.05) is 34.9 Å². The zero-order chi connectivity index (χ0) is 25.1. The summed E-state index contributed by atoms with van der Waals surface area (Å²) >= 11 is 0. The fourth-order valence-corrected chi connectivity index (χ4v) is 14.6. The molecule has 2 nitrogen and oxygen atoms in total. The predicted molar refractivity (Wildman–Crippen MR) is 149 cm³/mol. The Balaban J connectivity index is 1.34. The zero-order valence-electron chi connectivity index (χ0n) is 23.5. The summed E-state index contributed by atoms with van der Waals surface area (Å²) in [4.78, 5) is 3.14. The summed E-state index contributed by atoms with van der Waals surface area (Å²) in [6.45, 7) is 9.67. The van der Waals surface area contributed by atoms with E-state index in [9.17, 15) is 5.11 Å². The summed E-state index contributed by atoms with van der Waals surface area (Å²) in [6, 6.07) is 0. The Hall–Kier alpha value is -1.12. The van der Waals surface area contributed by atoms with Gasteiger partial charge in [-0.15, -0.1) is 0 Å². The maximum absolute atomic E-state index is 9.69. The number of nitrogens with zero attached hydrogens (tertiary/aromatic N) is 1. The lowest BCUT2D eigenvalue weighted by Crippen LogP contribution is -2.73. The molecule has 10 rings (SSSR count). The molecule has 3 heterocycles. The molecular weight excluding hydrogens is 450 g/mol. The van der Waals surface area contributed by atoms with E-state index < -0.39 is 0 Å². The molecule has 5 spiro atoms. The van der Waals surface area contributed by atoms with Crippen LogP contribution < -0.4 is 0 Å². The number of aliphatic hydroxyl groups excluding tert-OH is 1. The highest BCUT2D eigenvalue weighted by Crippen LogP contribution is 2.91. The number of hydrogen-bond donors (Lipinski definition) is 1. The van der Waals surface area contributed by atoms with Gasteiger partial charge in [0.2, 0.25) is 0 Å². The highest BCUT2D eigenvalue weighted by atomic mass is 16.2. The molecule has 9 unspecified atom stereocenters. The van der Waals surface area contributed by atoms with Crippen LogP contribution in [0, 0.1) is 38.9 Å². The monoisotopic (exact) mass is 497 g/mol. The molecule has 198 valence electrons. The van der Waals surface area contributed by atoms with Crippen LogP contribution in [0.25, 0.3) is 0 Å². The largest absolute Gasteiger partial charge is 0.396 e. The SMILES string of the molecule is CC1=C2CC34C5(CCCC5)CC(C)C2(CC1)C3(C)CC=C1C=CC23C=CC14N1CC12CCC3CCCO. The molecular formula is C35H47NO. The van der Waals surface area contributed by atoms with Crippen LogP contribution in [0.3, 0.4) is 0 Å². The molecule has 1 N–H and O–H groups in total. The van der Waals surface area contributed by atoms with E-state index in [1.807, 2.05) is 5.57 Å². The second-order valence-corrected chi connectivity index (χ2v) is 15.7. The van der Waals surface area contributed by atoms with E-state index in [2.05, 4.69) is 56.1 Å². The van der Waals surface area contributed by atoms with Crippen LogP contribution in [0.4, 0.5) is 0 Å². The van der Waals surface area contributed by atoms with Gasteiger partial charge in [0.25, 0.3) is 0 Å². The Morgan fingerprint density at radius 3 is 2.73 bits per heavy atom. The van der Waals surface area contributed by atoms with Gasteiger partial charge in [-0.25, -0.2) is 0 Å². The Morgan fingerprint density at radius 2 is 1.92 bits per heavy atom. The van der Waals surface area contributed by atoms with Crippen molar-refractivity contribution in [1.29, 1.82) is 0 Å². The Labute approximate surface area is 224 Å². The lowest BCUT2D eigenvalue weighted by Gasteiger charge is -2.73. The molecule has 4 bridgehead atoms. The maximum Gasteiger partial charge on any atom is 0.0719 e. The summed E-state index contributed by atoms with van der Waals surface area (Å²) < 4.78 is 0. The van der Waals surface area contributed by atoms with Gasteiger partial charge in [0.1, 0.15) is 0 Å². The van der Waals surface area contributed by atoms with Crippen molar-refractivity contribution in [2.24, 2.45) is 38.9 Å². The molecule has 10 aliphatic rings. The zero-order valence-corrected chi connectivity index (χ0v) is 23.5. The van der Waals surface area contributed by atoms with Crippen molar-refractivity contribution in [3.63, 3.8) is 0 Å². The minimum atomic E-state index is 0.0808. The van der Waals surface area contributed by atoms with Crippen LogP contribution in [0.2, 0.25) is 0 Å². The van der Waals surface area contributed by atoms with E-state index >= 15 is 0 Å². The number of aliphatic hydroxyl groups is 1. The normalized spacial score (nSPS) is 56.6. The maximum atomic E-state index is 9.69. The van der Waals surface area contributed by atoms with Crippen molar-refractivity contribution < 1.29 is 5.11 Å². The number of rotatable bonds is 3. The van der Waals surface area contributed by atoms with Crippen LogP contribution in [-0.2, 0) is 0 Å². The summed E-state index contributed by atoms with van der Waals surface area (Å²) in [5.74, 6) is 1.50. The number of allylic oxidation sites excluding steroid dienone is 3. The van der Waals surface area contributed by atoms with E-state index in [1.54, 1.807) is 11.1 Å². The van der Waals surface area contributed by atoms with Crippen LogP contribution in [-0.4, -0.2) is 34.2 Å². The van der Waals surface area contributed by atoms with Gasteiger partial charge in [0.15, 0.2) is 0 Å². The van der Waals surface area contributed by atoms with E-state index in [1.165, 1.54) is 83.6 Å². The van der Waals surface area contributed by atoms with Crippen molar-refractivity contribution >= 4 is 0 Å². The van der Waals surface area contributed by atoms with Crippen LogP contribution in [0.15, 0.2) is 47.1 Å². The summed E-state index contributed by atoms with van der Waals surface area (Å²) in [5, 5.41) is 9.69. The first-order valence-corrected chi connectivity index (χ1v) is 16.0. The smallest absolute Gasteiger partial charge is 0.0719 e. The first-order chi connectivity index (χ1) is 17.8. The third-order valence-corrected chi connectivity index (χ3v) is 15.6. The minimum Gasteiger partial charge on any atom is -0.396 e. The second-order valence-electron chi connectivity index (χ2n) is 15.7. The van der Waals surface area contributed by atoms with Crippen LogP contribution in [0.5, 0.6) is 0 Å². The highest BCUT2D eigenvalue weighted by molar-refractivity contribution is 5.62. The van der Waals surface area contributed by atoms with Gasteiger partial charge in [-0.1, -0.05) is 68.2 Å². The lowest BCUT2D eigenvalue weighted by molar-refractivity contribution is -0.217. The fourth-order valence-electron chi connectivity index (χ4n) is 14.6. The van der Waals surface area contributed by atoms with Crippen molar-refractivity contribution in [1.82, 2.24) is 4.90 Å². The molecule has 0 aromatic heterocycles. The summed E-state index contributed by atoms with van der Waals surface area (Å²) in [7, 11) is 0. The Bertz CT molecular complexity index is 1230. The van der Waals surface area contributed by atoms with Crippen LogP contribution >= 0.6 is 0 Å². The lowest BCUT2D eigenvalue weighted by atomic mass is 9.32. The molecule has 2 heteroatoms. The van der Waals surface area contributed by atoms with Gasteiger partial charge in [0.05, 0.1) is 5.54 Å². The molecule has 0 amide bonds. The molecule has 0 radical (unpaired) electrons. The second kappa shape index (κ2) is 6.43. The quantitative estimate of drug-likeness (QED) is 0.322. The molecule has 7 aliphatic carbocycles. The topological polar surface area (TPSA) is 23.2 Å². The molecule has 4 saturated carbocycles. The molecule has 0 aromatic carbocycles. The average molecular weight is 498 g/mol. The molecule has 37 heavy (non-hydrogen) atoms. The van der Waals surface area contributed by atoms with Crippen molar-refractivity contribution in [3.8, 4) is 0 Å². The molecule has 0 aromatic rings. The highest BCUT2D eigenvalue weighted by Gasteiger charge is 2.89. The third-order valence-electron chi connectivity index (χ3n) is 15.6. The fraction of sp³-hybridized carbons (Fsp3) is 0.771. The van der Waals surface area contributed by atoms with Gasteiger partial charge in [-0.3, -0.25) is 4.90 Å². The molecule has 3 aliphatic heterocycles. The van der Waals surface area contributed by atoms with E-state index in [4.69, 9.17) is 0 Å². The van der Waals surface area contributed by atoms with Crippen molar-refractivity contribution in [3.05, 3.63) is 47.1 Å². The molecule has 5 fully saturated rings. The first-order valence-electron chi connectivity index (χ1n) is 16.0. The summed E-state index contributed by atoms with van der Waals surface area (Å²) in [5.41, 5.74) is 7.56. The average Bonchev–Trinajstić information content (AvgIpc) is 3.14. The van der Waals surface area contributed by atoms with Gasteiger partial charge >= 0.3 is 0 Å². The third kappa shape index (κ3) is 1.90. The van der Waals surface area contributed by atoms with Crippen molar-refractivity contribution in [2.45, 2.75) is 115 Å². The molecule has 9 atom stereocenters. The van der Waals surface area contributed by atoms with Crippen LogP contribution in [0.1, 0.15) is 104 Å². The molecule has 1 saturated heterocycles. The van der Waals surface area contributed by atoms with E-state index in [0.29, 0.717) is 39.7 Å². The standard InChI is InChI=1S/C35H47NO/c1-24-8-17-33-25(2)21-30(12-4-5-13-30)35(22-28(24)33)29(33,3)14-9-27-10-15-31-18-19-34(27,35)36-23-32(31,36)16-11-26(31)7-6-20-37/h9-10,15,18-19,25-26,37H,4-8,11-14,16-17,20-23H2,1-3H3. The van der Waals surface area contributed by atoms with Gasteiger partial charge < -0.3 is 5.11 Å². The van der Waals surface area contributed by atoms with E-state index in [0.717, 1.165) is 12.3 Å². The number of hydrogen-bond acceptors (Lipinski definition) is 2. The van der Waals surface area contributed by atoms with Crippen molar-refractivity contribution in [2.75, 3.05) is 13.2 Å². The first kappa shape index (κ1) is 22.7. The Morgan fingerprint density at radius 1 is 1.08 bits per heavy atom. The summed E-state index contributed by atoms with van der Waals surface area (Å²) in [6.07, 6.45) is 31.3. The Kier molecular flexibility index (Phi) is 3.94.